The van der Waals surface area contributed by atoms with Gasteiger partial charge in [0.15, 0.2) is 5.82 Å². The molecule has 0 saturated carbocycles. The molecule has 1 aliphatic rings. The molecule has 1 amide bonds. The van der Waals surface area contributed by atoms with E-state index in [1.165, 1.54) is 0 Å². The van der Waals surface area contributed by atoms with E-state index in [0.717, 1.165) is 36.4 Å². The predicted molar refractivity (Wildman–Crippen MR) is 79.3 cm³/mol. The van der Waals surface area contributed by atoms with Crippen LogP contribution >= 0.6 is 0 Å². The molecule has 1 saturated heterocycles. The van der Waals surface area contributed by atoms with Crippen molar-refractivity contribution in [1.29, 1.82) is 0 Å². The Kier molecular flexibility index (Phi) is 3.64. The quantitative estimate of drug-likeness (QED) is 0.943. The number of carbonyl (C=O) groups is 1. The van der Waals surface area contributed by atoms with E-state index in [2.05, 4.69) is 9.97 Å². The molecular formula is C16H19N3O2. The lowest BCUT2D eigenvalue weighted by molar-refractivity contribution is 0.0722. The molecule has 110 valence electrons. The summed E-state index contributed by atoms with van der Waals surface area (Å²) >= 11 is 0. The molecule has 3 rings (SSSR count). The summed E-state index contributed by atoms with van der Waals surface area (Å²) in [5, 5.41) is 0. The topological polar surface area (TPSA) is 58.2 Å². The highest BCUT2D eigenvalue weighted by Crippen LogP contribution is 2.37. The van der Waals surface area contributed by atoms with Crippen molar-refractivity contribution in [2.45, 2.75) is 25.8 Å². The van der Waals surface area contributed by atoms with E-state index in [0.29, 0.717) is 5.82 Å². The molecule has 1 atom stereocenters. The van der Waals surface area contributed by atoms with E-state index in [9.17, 15) is 4.79 Å². The molecule has 1 N–H and O–H groups in total. The molecule has 1 fully saturated rings. The molecule has 1 aromatic carbocycles. The van der Waals surface area contributed by atoms with Gasteiger partial charge < -0.3 is 14.6 Å². The van der Waals surface area contributed by atoms with E-state index in [4.69, 9.17) is 4.74 Å². The summed E-state index contributed by atoms with van der Waals surface area (Å²) in [7, 11) is 1.66. The summed E-state index contributed by atoms with van der Waals surface area (Å²) in [5.41, 5.74) is 1.96. The summed E-state index contributed by atoms with van der Waals surface area (Å²) in [6.07, 6.45) is 3.63. The number of H-pyrrole nitrogens is 1. The summed E-state index contributed by atoms with van der Waals surface area (Å²) in [5.74, 6) is 1.20. The van der Waals surface area contributed by atoms with Crippen LogP contribution in [0.1, 0.15) is 40.8 Å². The van der Waals surface area contributed by atoms with Gasteiger partial charge in [0.2, 0.25) is 0 Å². The van der Waals surface area contributed by atoms with Crippen LogP contribution in [-0.4, -0.2) is 34.4 Å². The Hall–Kier alpha value is -2.30. The third-order valence-corrected chi connectivity index (χ3v) is 3.92. The number of aryl methyl sites for hydroxylation is 1. The number of rotatable bonds is 3. The first-order chi connectivity index (χ1) is 10.2. The van der Waals surface area contributed by atoms with Crippen LogP contribution in [0, 0.1) is 6.92 Å². The van der Waals surface area contributed by atoms with Crippen LogP contribution in [0.2, 0.25) is 0 Å². The minimum absolute atomic E-state index is 0.0449. The first kappa shape index (κ1) is 13.7. The number of carbonyl (C=O) groups excluding carboxylic acids is 1. The zero-order chi connectivity index (χ0) is 14.8. The molecule has 0 bridgehead atoms. The predicted octanol–water partition coefficient (Wildman–Crippen LogP) is 2.70. The van der Waals surface area contributed by atoms with Crippen molar-refractivity contribution in [3.8, 4) is 5.75 Å². The molecule has 1 aliphatic heterocycles. The smallest absolute Gasteiger partial charge is 0.290 e. The van der Waals surface area contributed by atoms with E-state index < -0.39 is 0 Å². The maximum absolute atomic E-state index is 12.6. The largest absolute Gasteiger partial charge is 0.496 e. The van der Waals surface area contributed by atoms with Crippen LogP contribution in [0.25, 0.3) is 0 Å². The second kappa shape index (κ2) is 5.60. The van der Waals surface area contributed by atoms with Gasteiger partial charge in [0.05, 0.1) is 13.2 Å². The van der Waals surface area contributed by atoms with Crippen LogP contribution in [0.15, 0.2) is 30.5 Å². The van der Waals surface area contributed by atoms with Crippen molar-refractivity contribution in [2.75, 3.05) is 13.7 Å². The normalized spacial score (nSPS) is 18.0. The van der Waals surface area contributed by atoms with Crippen LogP contribution in [0.4, 0.5) is 0 Å². The number of aromatic amines is 1. The number of benzene rings is 1. The van der Waals surface area contributed by atoms with Gasteiger partial charge in [-0.1, -0.05) is 18.2 Å². The number of methoxy groups -OCH3 is 1. The summed E-state index contributed by atoms with van der Waals surface area (Å²) in [4.78, 5) is 21.7. The standard InChI is InChI=1S/C16H19N3O2/c1-11-10-17-15(18-11)16(20)19-9-5-7-13(19)12-6-3-4-8-14(12)21-2/h3-4,6,8,10,13H,5,7,9H2,1-2H3,(H,17,18)/t13-/m0/s1. The number of nitrogens with one attached hydrogen (secondary N) is 1. The van der Waals surface area contributed by atoms with Crippen LogP contribution in [-0.2, 0) is 0 Å². The highest BCUT2D eigenvalue weighted by molar-refractivity contribution is 5.91. The number of para-hydroxylation sites is 1. The molecule has 21 heavy (non-hydrogen) atoms. The SMILES string of the molecule is COc1ccccc1[C@@H]1CCCN1C(=O)c1ncc(C)[nH]1. The van der Waals surface area contributed by atoms with Gasteiger partial charge in [0, 0.05) is 24.0 Å². The fourth-order valence-corrected chi connectivity index (χ4v) is 2.93. The Morgan fingerprint density at radius 1 is 1.43 bits per heavy atom. The maximum atomic E-state index is 12.6. The fourth-order valence-electron chi connectivity index (χ4n) is 2.93. The summed E-state index contributed by atoms with van der Waals surface area (Å²) < 4.78 is 5.43. The molecule has 0 spiro atoms. The average molecular weight is 285 g/mol. The number of likely N-dealkylation sites (tertiary alicyclic amines) is 1. The van der Waals surface area contributed by atoms with E-state index in [1.807, 2.05) is 36.1 Å². The Morgan fingerprint density at radius 3 is 2.95 bits per heavy atom. The maximum Gasteiger partial charge on any atom is 0.290 e. The Balaban J connectivity index is 1.90. The van der Waals surface area contributed by atoms with E-state index >= 15 is 0 Å². The van der Waals surface area contributed by atoms with E-state index in [1.54, 1.807) is 13.3 Å². The lowest BCUT2D eigenvalue weighted by atomic mass is 10.0. The Morgan fingerprint density at radius 2 is 2.24 bits per heavy atom. The molecular weight excluding hydrogens is 266 g/mol. The second-order valence-electron chi connectivity index (χ2n) is 5.31. The van der Waals surface area contributed by atoms with Crippen molar-refractivity contribution < 1.29 is 9.53 Å². The highest BCUT2D eigenvalue weighted by atomic mass is 16.5. The minimum atomic E-state index is -0.0449. The van der Waals surface area contributed by atoms with Crippen molar-refractivity contribution in [1.82, 2.24) is 14.9 Å². The van der Waals surface area contributed by atoms with Gasteiger partial charge in [-0.05, 0) is 25.8 Å². The van der Waals surface area contributed by atoms with E-state index in [-0.39, 0.29) is 11.9 Å². The zero-order valence-corrected chi connectivity index (χ0v) is 12.3. The summed E-state index contributed by atoms with van der Waals surface area (Å²) in [6, 6.07) is 7.95. The van der Waals surface area contributed by atoms with Gasteiger partial charge in [-0.25, -0.2) is 4.98 Å². The Labute approximate surface area is 124 Å². The number of hydrogen-bond acceptors (Lipinski definition) is 3. The number of ether oxygens (including phenoxy) is 1. The van der Waals surface area contributed by atoms with Crippen molar-refractivity contribution >= 4 is 5.91 Å². The van der Waals surface area contributed by atoms with Crippen molar-refractivity contribution in [2.24, 2.45) is 0 Å². The third-order valence-electron chi connectivity index (χ3n) is 3.92. The Bertz CT molecular complexity index is 650. The molecule has 2 aromatic rings. The van der Waals surface area contributed by atoms with Crippen LogP contribution in [0.3, 0.4) is 0 Å². The monoisotopic (exact) mass is 285 g/mol. The molecule has 0 radical (unpaired) electrons. The number of hydrogen-bond donors (Lipinski definition) is 1. The lowest BCUT2D eigenvalue weighted by Crippen LogP contribution is -2.31. The number of amides is 1. The molecule has 1 aromatic heterocycles. The number of nitrogens with zero attached hydrogens (tertiary/aromatic N) is 2. The molecule has 5 heteroatoms. The van der Waals surface area contributed by atoms with Gasteiger partial charge in [0.1, 0.15) is 5.75 Å². The molecule has 0 aliphatic carbocycles. The second-order valence-corrected chi connectivity index (χ2v) is 5.31. The van der Waals surface area contributed by atoms with Gasteiger partial charge in [0.25, 0.3) is 5.91 Å². The average Bonchev–Trinajstić information content (AvgIpc) is 3.15. The van der Waals surface area contributed by atoms with Gasteiger partial charge in [-0.15, -0.1) is 0 Å². The minimum Gasteiger partial charge on any atom is -0.496 e. The third kappa shape index (κ3) is 2.51. The van der Waals surface area contributed by atoms with Crippen LogP contribution in [0.5, 0.6) is 5.75 Å². The van der Waals surface area contributed by atoms with Gasteiger partial charge in [-0.2, -0.15) is 0 Å². The van der Waals surface area contributed by atoms with Crippen molar-refractivity contribution in [3.63, 3.8) is 0 Å². The molecule has 0 unspecified atom stereocenters. The molecule has 2 heterocycles. The summed E-state index contributed by atoms with van der Waals surface area (Å²) in [6.45, 7) is 2.65. The zero-order valence-electron chi connectivity index (χ0n) is 12.3. The number of aromatic nitrogens is 2. The first-order valence-corrected chi connectivity index (χ1v) is 7.16. The highest BCUT2D eigenvalue weighted by Gasteiger charge is 2.33. The first-order valence-electron chi connectivity index (χ1n) is 7.16. The van der Waals surface area contributed by atoms with Crippen LogP contribution < -0.4 is 4.74 Å². The molecule has 5 nitrogen and oxygen atoms in total. The van der Waals surface area contributed by atoms with Gasteiger partial charge >= 0.3 is 0 Å². The number of imidazole rings is 1. The lowest BCUT2D eigenvalue weighted by Gasteiger charge is -2.25. The fraction of sp³-hybridized carbons (Fsp3) is 0.375. The van der Waals surface area contributed by atoms with Crippen molar-refractivity contribution in [3.05, 3.63) is 47.5 Å². The van der Waals surface area contributed by atoms with Gasteiger partial charge in [-0.3, -0.25) is 4.79 Å².